The van der Waals surface area contributed by atoms with Gasteiger partial charge in [0.25, 0.3) is 0 Å². The van der Waals surface area contributed by atoms with Crippen LogP contribution in [0.2, 0.25) is 5.02 Å². The molecular weight excluding hydrogens is 326 g/mol. The van der Waals surface area contributed by atoms with Gasteiger partial charge in [-0.25, -0.2) is 4.98 Å². The monoisotopic (exact) mass is 347 g/mol. The molecule has 0 saturated carbocycles. The number of hydrogen-bond donors (Lipinski definition) is 0. The smallest absolute Gasteiger partial charge is 0.237 e. The number of likely N-dealkylation sites (tertiary alicyclic amines) is 1. The summed E-state index contributed by atoms with van der Waals surface area (Å²) in [4.78, 5) is 20.6. The van der Waals surface area contributed by atoms with Crippen molar-refractivity contribution in [3.63, 3.8) is 0 Å². The van der Waals surface area contributed by atoms with Crippen LogP contribution in [0.5, 0.6) is 0 Å². The van der Waals surface area contributed by atoms with Crippen molar-refractivity contribution in [2.45, 2.75) is 25.3 Å². The summed E-state index contributed by atoms with van der Waals surface area (Å²) >= 11 is 5.91. The molecule has 5 nitrogen and oxygen atoms in total. The third-order valence-corrected chi connectivity index (χ3v) is 4.42. The molecule has 1 aromatic heterocycles. The fourth-order valence-corrected chi connectivity index (χ4v) is 3.17. The zero-order valence-corrected chi connectivity index (χ0v) is 14.8. The second-order valence-electron chi connectivity index (χ2n) is 6.45. The van der Waals surface area contributed by atoms with Crippen molar-refractivity contribution < 1.29 is 9.21 Å². The minimum Gasteiger partial charge on any atom is -0.443 e. The number of carbonyl (C=O) groups is 1. The molecule has 128 valence electrons. The summed E-state index contributed by atoms with van der Waals surface area (Å²) in [6.07, 6.45) is 4.32. The Balaban J connectivity index is 1.70. The number of rotatable bonds is 5. The number of benzene rings is 1. The summed E-state index contributed by atoms with van der Waals surface area (Å²) in [5.41, 5.74) is 1.12. The highest BCUT2D eigenvalue weighted by molar-refractivity contribution is 6.30. The summed E-state index contributed by atoms with van der Waals surface area (Å²) < 4.78 is 5.94. The van der Waals surface area contributed by atoms with Crippen LogP contribution in [0.1, 0.15) is 36.1 Å². The Kier molecular flexibility index (Phi) is 5.21. The van der Waals surface area contributed by atoms with Crippen molar-refractivity contribution in [1.29, 1.82) is 0 Å². The molecule has 1 aromatic carbocycles. The van der Waals surface area contributed by atoms with Gasteiger partial charge in [-0.15, -0.1) is 0 Å². The van der Waals surface area contributed by atoms with Gasteiger partial charge in [0.2, 0.25) is 11.8 Å². The van der Waals surface area contributed by atoms with E-state index in [1.807, 2.05) is 48.2 Å². The van der Waals surface area contributed by atoms with Crippen LogP contribution in [0, 0.1) is 0 Å². The molecule has 1 amide bonds. The highest BCUT2D eigenvalue weighted by atomic mass is 35.5. The lowest BCUT2D eigenvalue weighted by atomic mass is 10.1. The zero-order chi connectivity index (χ0) is 17.1. The highest BCUT2D eigenvalue weighted by Gasteiger charge is 2.33. The minimum atomic E-state index is -0.0450. The molecule has 6 heteroatoms. The molecular formula is C18H22ClN3O2. The molecule has 0 aliphatic carbocycles. The maximum atomic E-state index is 12.4. The lowest BCUT2D eigenvalue weighted by Crippen LogP contribution is -2.37. The highest BCUT2D eigenvalue weighted by Crippen LogP contribution is 2.32. The van der Waals surface area contributed by atoms with E-state index in [-0.39, 0.29) is 11.9 Å². The number of aromatic nitrogens is 1. The lowest BCUT2D eigenvalue weighted by molar-refractivity contribution is -0.133. The van der Waals surface area contributed by atoms with E-state index in [2.05, 4.69) is 4.98 Å². The van der Waals surface area contributed by atoms with Gasteiger partial charge in [-0.3, -0.25) is 4.79 Å². The van der Waals surface area contributed by atoms with Crippen LogP contribution in [0.15, 0.2) is 34.9 Å². The van der Waals surface area contributed by atoms with Crippen LogP contribution in [-0.4, -0.2) is 47.9 Å². The first kappa shape index (κ1) is 17.0. The molecule has 0 N–H and O–H groups in total. The number of carbonyl (C=O) groups excluding carboxylic acids is 1. The number of likely N-dealkylation sites (N-methyl/N-ethyl adjacent to an activating group) is 1. The average molecular weight is 348 g/mol. The third kappa shape index (κ3) is 3.97. The van der Waals surface area contributed by atoms with Gasteiger partial charge in [0.1, 0.15) is 11.8 Å². The van der Waals surface area contributed by atoms with E-state index >= 15 is 0 Å². The van der Waals surface area contributed by atoms with E-state index in [9.17, 15) is 4.79 Å². The van der Waals surface area contributed by atoms with E-state index in [4.69, 9.17) is 16.0 Å². The number of amides is 1. The predicted octanol–water partition coefficient (Wildman–Crippen LogP) is 3.14. The standard InChI is InChI=1S/C18H22ClN3O2/c1-21(2)12-17(23)22-9-3-4-16(22)18-20-11-15(24-18)10-13-5-7-14(19)8-6-13/h5-8,11,16H,3-4,9-10,12H2,1-2H3. The Morgan fingerprint density at radius 3 is 2.83 bits per heavy atom. The zero-order valence-electron chi connectivity index (χ0n) is 14.0. The van der Waals surface area contributed by atoms with Gasteiger partial charge < -0.3 is 14.2 Å². The van der Waals surface area contributed by atoms with Gasteiger partial charge in [0, 0.05) is 18.0 Å². The molecule has 1 atom stereocenters. The summed E-state index contributed by atoms with van der Waals surface area (Å²) in [5, 5.41) is 0.720. The summed E-state index contributed by atoms with van der Waals surface area (Å²) in [5.74, 6) is 1.57. The van der Waals surface area contributed by atoms with Crippen molar-refractivity contribution in [3.8, 4) is 0 Å². The minimum absolute atomic E-state index is 0.0450. The van der Waals surface area contributed by atoms with Crippen molar-refractivity contribution in [2.24, 2.45) is 0 Å². The third-order valence-electron chi connectivity index (χ3n) is 4.17. The Hall–Kier alpha value is -1.85. The van der Waals surface area contributed by atoms with Crippen molar-refractivity contribution in [1.82, 2.24) is 14.8 Å². The van der Waals surface area contributed by atoms with Crippen LogP contribution < -0.4 is 0 Å². The first-order valence-electron chi connectivity index (χ1n) is 8.16. The number of nitrogens with zero attached hydrogens (tertiary/aromatic N) is 3. The van der Waals surface area contributed by atoms with Gasteiger partial charge in [0.05, 0.1) is 12.7 Å². The largest absolute Gasteiger partial charge is 0.443 e. The van der Waals surface area contributed by atoms with Crippen molar-refractivity contribution in [2.75, 3.05) is 27.2 Å². The van der Waals surface area contributed by atoms with Crippen molar-refractivity contribution in [3.05, 3.63) is 52.7 Å². The predicted molar refractivity (Wildman–Crippen MR) is 93.0 cm³/mol. The van der Waals surface area contributed by atoms with Crippen molar-refractivity contribution >= 4 is 17.5 Å². The van der Waals surface area contributed by atoms with E-state index in [0.717, 1.165) is 35.7 Å². The van der Waals surface area contributed by atoms with E-state index in [1.54, 1.807) is 6.20 Å². The number of hydrogen-bond acceptors (Lipinski definition) is 4. The Labute approximate surface area is 147 Å². The van der Waals surface area contributed by atoms with Gasteiger partial charge >= 0.3 is 0 Å². The molecule has 1 aliphatic rings. The maximum absolute atomic E-state index is 12.4. The fourth-order valence-electron chi connectivity index (χ4n) is 3.05. The summed E-state index contributed by atoms with van der Waals surface area (Å²) in [6, 6.07) is 7.65. The maximum Gasteiger partial charge on any atom is 0.237 e. The Morgan fingerprint density at radius 2 is 2.12 bits per heavy atom. The fraction of sp³-hybridized carbons (Fsp3) is 0.444. The van der Waals surface area contributed by atoms with E-state index in [0.29, 0.717) is 18.9 Å². The average Bonchev–Trinajstić information content (AvgIpc) is 3.17. The Bertz CT molecular complexity index is 697. The molecule has 1 aliphatic heterocycles. The van der Waals surface area contributed by atoms with Gasteiger partial charge in [-0.2, -0.15) is 0 Å². The van der Waals surface area contributed by atoms with Crippen LogP contribution in [0.25, 0.3) is 0 Å². The molecule has 0 spiro atoms. The molecule has 0 bridgehead atoms. The first-order valence-corrected chi connectivity index (χ1v) is 8.54. The second kappa shape index (κ2) is 7.36. The molecule has 2 aromatic rings. The topological polar surface area (TPSA) is 49.6 Å². The molecule has 1 saturated heterocycles. The van der Waals surface area contributed by atoms with Gasteiger partial charge in [-0.05, 0) is 44.6 Å². The van der Waals surface area contributed by atoms with Gasteiger partial charge in [0.15, 0.2) is 0 Å². The second-order valence-corrected chi connectivity index (χ2v) is 6.89. The SMILES string of the molecule is CN(C)CC(=O)N1CCCC1c1ncc(Cc2ccc(Cl)cc2)o1. The number of halogens is 1. The van der Waals surface area contributed by atoms with Gasteiger partial charge in [-0.1, -0.05) is 23.7 Å². The molecule has 2 heterocycles. The molecule has 1 unspecified atom stereocenters. The quantitative estimate of drug-likeness (QED) is 0.833. The molecule has 0 radical (unpaired) electrons. The molecule has 1 fully saturated rings. The lowest BCUT2D eigenvalue weighted by Gasteiger charge is -2.23. The molecule has 3 rings (SSSR count). The van der Waals surface area contributed by atoms with E-state index < -0.39 is 0 Å². The van der Waals surface area contributed by atoms with Crippen LogP contribution in [0.4, 0.5) is 0 Å². The summed E-state index contributed by atoms with van der Waals surface area (Å²) in [7, 11) is 3.80. The van der Waals surface area contributed by atoms with Crippen LogP contribution in [0.3, 0.4) is 0 Å². The number of oxazole rings is 1. The first-order chi connectivity index (χ1) is 11.5. The Morgan fingerprint density at radius 1 is 1.38 bits per heavy atom. The normalized spacial score (nSPS) is 17.7. The van der Waals surface area contributed by atoms with Crippen LogP contribution >= 0.6 is 11.6 Å². The van der Waals surface area contributed by atoms with Crippen LogP contribution in [-0.2, 0) is 11.2 Å². The van der Waals surface area contributed by atoms with E-state index in [1.165, 1.54) is 0 Å². The molecule has 24 heavy (non-hydrogen) atoms. The summed E-state index contributed by atoms with van der Waals surface area (Å²) in [6.45, 7) is 1.18.